The van der Waals surface area contributed by atoms with E-state index in [1.54, 1.807) is 18.4 Å². The molecule has 3 aromatic rings. The average molecular weight is 381 g/mol. The van der Waals surface area contributed by atoms with Crippen molar-refractivity contribution in [2.45, 2.75) is 33.2 Å². The molecule has 1 N–H and O–H groups in total. The van der Waals surface area contributed by atoms with Gasteiger partial charge in [0.05, 0.1) is 25.8 Å². The highest BCUT2D eigenvalue weighted by molar-refractivity contribution is 7.11. The normalized spacial score (nSPS) is 10.6. The van der Waals surface area contributed by atoms with E-state index in [1.807, 2.05) is 31.2 Å². The number of hydrogen-bond acceptors (Lipinski definition) is 4. The molecule has 0 aliphatic heterocycles. The quantitative estimate of drug-likeness (QED) is 0.668. The first-order chi connectivity index (χ1) is 13.0. The molecule has 27 heavy (non-hydrogen) atoms. The van der Waals surface area contributed by atoms with Crippen molar-refractivity contribution in [1.29, 1.82) is 0 Å². The Morgan fingerprint density at radius 3 is 2.37 bits per heavy atom. The molecule has 1 amide bonds. The fraction of sp³-hybridized carbons (Fsp3) is 0.273. The van der Waals surface area contributed by atoms with E-state index in [1.165, 1.54) is 16.0 Å². The summed E-state index contributed by atoms with van der Waals surface area (Å²) in [6, 6.07) is 16.1. The summed E-state index contributed by atoms with van der Waals surface area (Å²) in [6.45, 7) is 4.59. The Morgan fingerprint density at radius 2 is 1.70 bits per heavy atom. The fourth-order valence-electron chi connectivity index (χ4n) is 2.78. The van der Waals surface area contributed by atoms with Gasteiger partial charge >= 0.3 is 0 Å². The van der Waals surface area contributed by atoms with Crippen LogP contribution >= 0.6 is 11.3 Å². The number of carbonyl (C=O) groups excluding carboxylic acids is 1. The third-order valence-electron chi connectivity index (χ3n) is 4.38. The molecule has 1 aromatic heterocycles. The number of rotatable bonds is 7. The zero-order valence-electron chi connectivity index (χ0n) is 15.9. The summed E-state index contributed by atoms with van der Waals surface area (Å²) in [5.74, 6) is 0.784. The fourth-order valence-corrected chi connectivity index (χ4v) is 3.83. The van der Waals surface area contributed by atoms with Crippen molar-refractivity contribution < 1.29 is 9.53 Å². The van der Waals surface area contributed by atoms with Crippen LogP contribution in [0.25, 0.3) is 0 Å². The lowest BCUT2D eigenvalue weighted by atomic mass is 10.1. The average Bonchev–Trinajstić information content (AvgIpc) is 3.02. The first-order valence-corrected chi connectivity index (χ1v) is 9.75. The highest BCUT2D eigenvalue weighted by Crippen LogP contribution is 2.22. The number of ether oxygens (including phenoxy) is 1. The molecule has 0 aliphatic carbocycles. The van der Waals surface area contributed by atoms with Gasteiger partial charge in [-0.3, -0.25) is 4.79 Å². The van der Waals surface area contributed by atoms with Crippen molar-refractivity contribution in [2.75, 3.05) is 7.11 Å². The molecule has 1 heterocycles. The molecule has 0 radical (unpaired) electrons. The summed E-state index contributed by atoms with van der Waals surface area (Å²) in [5.41, 5.74) is 4.55. The number of benzene rings is 2. The Labute approximate surface area is 164 Å². The minimum atomic E-state index is -0.00638. The Kier molecular flexibility index (Phi) is 6.24. The van der Waals surface area contributed by atoms with E-state index in [0.29, 0.717) is 13.0 Å². The van der Waals surface area contributed by atoms with Crippen LogP contribution in [0.2, 0.25) is 0 Å². The highest BCUT2D eigenvalue weighted by atomic mass is 32.1. The number of hydrogen-bond donors (Lipinski definition) is 1. The molecule has 0 saturated heterocycles. The van der Waals surface area contributed by atoms with Crippen molar-refractivity contribution in [3.05, 3.63) is 80.8 Å². The number of aromatic nitrogens is 1. The summed E-state index contributed by atoms with van der Waals surface area (Å²) < 4.78 is 5.13. The van der Waals surface area contributed by atoms with Gasteiger partial charge in [0, 0.05) is 11.3 Å². The molecule has 0 saturated carbocycles. The van der Waals surface area contributed by atoms with Crippen molar-refractivity contribution in [3.63, 3.8) is 0 Å². The van der Waals surface area contributed by atoms with Crippen LogP contribution in [0.5, 0.6) is 5.75 Å². The van der Waals surface area contributed by atoms with Crippen molar-refractivity contribution in [1.82, 2.24) is 10.3 Å². The van der Waals surface area contributed by atoms with Gasteiger partial charge in [-0.2, -0.15) is 0 Å². The van der Waals surface area contributed by atoms with E-state index in [-0.39, 0.29) is 5.91 Å². The standard InChI is InChI=1S/C22H24N2O2S/c1-15-4-6-17(7-5-15)12-20-16(2)24-22(27-20)14-23-21(25)13-18-8-10-19(26-3)11-9-18/h4-11H,12-14H2,1-3H3,(H,23,25). The number of aryl methyl sites for hydroxylation is 2. The molecule has 0 aliphatic rings. The first kappa shape index (κ1) is 19.1. The van der Waals surface area contributed by atoms with Crippen LogP contribution in [-0.2, 0) is 24.2 Å². The predicted octanol–water partition coefficient (Wildman–Crippen LogP) is 4.22. The number of nitrogens with zero attached hydrogens (tertiary/aromatic N) is 1. The predicted molar refractivity (Wildman–Crippen MR) is 109 cm³/mol. The molecule has 3 rings (SSSR count). The number of amides is 1. The zero-order chi connectivity index (χ0) is 19.2. The van der Waals surface area contributed by atoms with Gasteiger partial charge in [0.2, 0.25) is 5.91 Å². The van der Waals surface area contributed by atoms with Crippen molar-refractivity contribution >= 4 is 17.2 Å². The van der Waals surface area contributed by atoms with Crippen LogP contribution in [0.3, 0.4) is 0 Å². The summed E-state index contributed by atoms with van der Waals surface area (Å²) in [5, 5.41) is 3.91. The number of methoxy groups -OCH3 is 1. The molecule has 0 bridgehead atoms. The number of thiazole rings is 1. The van der Waals surface area contributed by atoms with E-state index in [2.05, 4.69) is 41.5 Å². The van der Waals surface area contributed by atoms with E-state index in [4.69, 9.17) is 4.74 Å². The molecule has 0 unspecified atom stereocenters. The Morgan fingerprint density at radius 1 is 1.04 bits per heavy atom. The summed E-state index contributed by atoms with van der Waals surface area (Å²) in [4.78, 5) is 18.1. The molecule has 0 atom stereocenters. The molecule has 0 spiro atoms. The Bertz CT molecular complexity index is 899. The number of nitrogens with one attached hydrogen (secondary N) is 1. The van der Waals surface area contributed by atoms with Gasteiger partial charge in [0.15, 0.2) is 0 Å². The second-order valence-corrected chi connectivity index (χ2v) is 7.75. The second kappa shape index (κ2) is 8.82. The van der Waals surface area contributed by atoms with Crippen LogP contribution in [-0.4, -0.2) is 18.0 Å². The minimum Gasteiger partial charge on any atom is -0.497 e. The smallest absolute Gasteiger partial charge is 0.224 e. The Balaban J connectivity index is 1.54. The summed E-state index contributed by atoms with van der Waals surface area (Å²) in [6.07, 6.45) is 1.23. The van der Waals surface area contributed by atoms with Gasteiger partial charge in [-0.25, -0.2) is 4.98 Å². The molecule has 140 valence electrons. The Hall–Kier alpha value is -2.66. The monoisotopic (exact) mass is 380 g/mol. The van der Waals surface area contributed by atoms with E-state index in [9.17, 15) is 4.79 Å². The van der Waals surface area contributed by atoms with Gasteiger partial charge in [-0.05, 0) is 37.1 Å². The van der Waals surface area contributed by atoms with E-state index >= 15 is 0 Å². The zero-order valence-corrected chi connectivity index (χ0v) is 16.7. The first-order valence-electron chi connectivity index (χ1n) is 8.94. The lowest BCUT2D eigenvalue weighted by molar-refractivity contribution is -0.120. The third-order valence-corrected chi connectivity index (χ3v) is 5.54. The van der Waals surface area contributed by atoms with Crippen LogP contribution in [0.4, 0.5) is 0 Å². The van der Waals surface area contributed by atoms with E-state index < -0.39 is 0 Å². The third kappa shape index (κ3) is 5.41. The summed E-state index contributed by atoms with van der Waals surface area (Å²) in [7, 11) is 1.63. The van der Waals surface area contributed by atoms with Gasteiger partial charge in [0.25, 0.3) is 0 Å². The lowest BCUT2D eigenvalue weighted by Crippen LogP contribution is -2.24. The largest absolute Gasteiger partial charge is 0.497 e. The van der Waals surface area contributed by atoms with Crippen LogP contribution in [0.1, 0.15) is 32.3 Å². The van der Waals surface area contributed by atoms with Gasteiger partial charge in [-0.15, -0.1) is 11.3 Å². The van der Waals surface area contributed by atoms with Crippen molar-refractivity contribution in [3.8, 4) is 5.75 Å². The van der Waals surface area contributed by atoms with Crippen LogP contribution in [0.15, 0.2) is 48.5 Å². The van der Waals surface area contributed by atoms with Gasteiger partial charge < -0.3 is 10.1 Å². The van der Waals surface area contributed by atoms with Crippen molar-refractivity contribution in [2.24, 2.45) is 0 Å². The van der Waals surface area contributed by atoms with E-state index in [0.717, 1.165) is 28.4 Å². The maximum Gasteiger partial charge on any atom is 0.224 e. The van der Waals surface area contributed by atoms with Gasteiger partial charge in [-0.1, -0.05) is 42.0 Å². The molecular formula is C22H24N2O2S. The molecular weight excluding hydrogens is 356 g/mol. The maximum atomic E-state index is 12.2. The second-order valence-electron chi connectivity index (χ2n) is 6.58. The highest BCUT2D eigenvalue weighted by Gasteiger charge is 2.10. The molecule has 2 aromatic carbocycles. The SMILES string of the molecule is COc1ccc(CC(=O)NCc2nc(C)c(Cc3ccc(C)cc3)s2)cc1. The van der Waals surface area contributed by atoms with Crippen LogP contribution in [0, 0.1) is 13.8 Å². The lowest BCUT2D eigenvalue weighted by Gasteiger charge is -2.04. The molecule has 4 nitrogen and oxygen atoms in total. The topological polar surface area (TPSA) is 51.2 Å². The number of carbonyl (C=O) groups is 1. The summed E-state index contributed by atoms with van der Waals surface area (Å²) >= 11 is 1.67. The van der Waals surface area contributed by atoms with Gasteiger partial charge in [0.1, 0.15) is 10.8 Å². The molecule has 5 heteroatoms. The molecule has 0 fully saturated rings. The minimum absolute atomic E-state index is 0.00638. The van der Waals surface area contributed by atoms with Crippen LogP contribution < -0.4 is 10.1 Å². The maximum absolute atomic E-state index is 12.2.